The molecule has 0 amide bonds. The van der Waals surface area contributed by atoms with E-state index in [9.17, 15) is 0 Å². The first-order chi connectivity index (χ1) is 70.8. The van der Waals surface area contributed by atoms with Crippen molar-refractivity contribution in [3.63, 3.8) is 0 Å². The number of benzene rings is 21. The summed E-state index contributed by atoms with van der Waals surface area (Å²) in [5.41, 5.74) is 40.2. The van der Waals surface area contributed by atoms with Gasteiger partial charge in [-0.05, 0) is 276 Å². The third kappa shape index (κ3) is 13.8. The molecule has 0 unspecified atom stereocenters. The second-order valence-electron chi connectivity index (χ2n) is 46.6. The van der Waals surface area contributed by atoms with Crippen molar-refractivity contribution in [1.29, 1.82) is 0 Å². The van der Waals surface area contributed by atoms with Crippen molar-refractivity contribution >= 4 is 110 Å². The summed E-state index contributed by atoms with van der Waals surface area (Å²) in [5, 5.41) is 16.5. The Hall–Kier alpha value is -15.9. The first-order valence-electron chi connectivity index (χ1n) is 52.7. The van der Waals surface area contributed by atoms with Crippen LogP contribution in [0.5, 0.6) is 0 Å². The zero-order chi connectivity index (χ0) is 101. The van der Waals surface area contributed by atoms with Crippen LogP contribution in [0, 0.1) is 0 Å². The molecular formula is C143H124N4. The molecule has 0 radical (unpaired) electrons. The maximum Gasteiger partial charge on any atom is 0.161 e. The summed E-state index contributed by atoms with van der Waals surface area (Å²) in [5.74, 6) is 0.747. The van der Waals surface area contributed by atoms with Crippen LogP contribution in [0.3, 0.4) is 0 Å². The number of rotatable bonds is 9. The van der Waals surface area contributed by atoms with Gasteiger partial charge in [-0.3, -0.25) is 0 Å². The summed E-state index contributed by atoms with van der Waals surface area (Å²) in [6, 6.07) is 157. The molecule has 1 heterocycles. The lowest BCUT2D eigenvalue weighted by Crippen LogP contribution is -2.44. The zero-order valence-corrected chi connectivity index (χ0v) is 87.7. The maximum absolute atomic E-state index is 5.36. The van der Waals surface area contributed by atoms with E-state index < -0.39 is 0 Å². The Labute approximate surface area is 866 Å². The molecule has 0 saturated carbocycles. The van der Waals surface area contributed by atoms with Crippen molar-refractivity contribution in [3.8, 4) is 89.4 Å². The van der Waals surface area contributed by atoms with Gasteiger partial charge in [0.1, 0.15) is 0 Å². The summed E-state index contributed by atoms with van der Waals surface area (Å²) in [6.45, 7) is 43.7. The zero-order valence-electron chi connectivity index (χ0n) is 87.7. The van der Waals surface area contributed by atoms with E-state index in [0.717, 1.165) is 44.9 Å². The molecule has 147 heavy (non-hydrogen) atoms. The standard InChI is InChI=1S/C50H47N.C47H41N.C46H36N2/c1-47(2)40-24-16-14-22-37(40)38-29-28-35(31-42(38)49(47,5)6)51(34-19-10-9-11-20-34)43-30-33-27-26-32-18-12-13-21-36(32)44(33)46-45(43)39-23-15-17-25-41(39)48(3,4)50(46,7)8;1-45(2)39-22-14-12-20-34(39)36-27-25-32(28-41(36)45)48(31-17-8-7-9-18-31)42-29-38-35-21-13-15-23-40(35)46(3,4)47(5,6)44(38)43-33-19-11-10-16-30(33)24-26-37(42)43;1-45(2)39-20-12-10-17-34(39)36-27-26-32-28-38(33-16-8-9-18-35(33)41(32)42(36)46(45,3)4)44-47-40-21-13-11-19-37(40)43(48-44)31-24-22-30(23-25-31)29-14-6-5-7-15-29/h9-31H,1-8H3;7-29H,1-6H3;5-28H,1-4H3. The van der Waals surface area contributed by atoms with Gasteiger partial charge in [0.05, 0.1) is 22.6 Å². The smallest absolute Gasteiger partial charge is 0.161 e. The van der Waals surface area contributed by atoms with E-state index >= 15 is 0 Å². The van der Waals surface area contributed by atoms with Crippen LogP contribution < -0.4 is 9.80 Å². The van der Waals surface area contributed by atoms with Crippen LogP contribution in [0.15, 0.2) is 425 Å². The van der Waals surface area contributed by atoms with Gasteiger partial charge in [0.15, 0.2) is 5.82 Å². The monoisotopic (exact) mass is 1900 g/mol. The van der Waals surface area contributed by atoms with E-state index in [4.69, 9.17) is 9.97 Å². The van der Waals surface area contributed by atoms with E-state index in [-0.39, 0.29) is 48.7 Å². The molecule has 4 heteroatoms. The van der Waals surface area contributed by atoms with E-state index in [0.29, 0.717) is 0 Å². The van der Waals surface area contributed by atoms with Gasteiger partial charge in [0, 0.05) is 71.9 Å². The van der Waals surface area contributed by atoms with E-state index in [1.165, 1.54) is 210 Å². The van der Waals surface area contributed by atoms with Gasteiger partial charge in [-0.1, -0.05) is 476 Å². The largest absolute Gasteiger partial charge is 0.310 e. The molecule has 0 fully saturated rings. The molecule has 1 aromatic heterocycles. The summed E-state index contributed by atoms with van der Waals surface area (Å²) in [6.07, 6.45) is 0. The predicted molar refractivity (Wildman–Crippen MR) is 627 cm³/mol. The average molecular weight is 1900 g/mol. The Balaban J connectivity index is 0.000000115. The Morgan fingerprint density at radius 1 is 0.184 bits per heavy atom. The predicted octanol–water partition coefficient (Wildman–Crippen LogP) is 39.1. The van der Waals surface area contributed by atoms with Crippen molar-refractivity contribution in [3.05, 3.63) is 480 Å². The second-order valence-corrected chi connectivity index (χ2v) is 46.6. The van der Waals surface area contributed by atoms with E-state index in [2.05, 4.69) is 559 Å². The molecule has 0 saturated heterocycles. The Morgan fingerprint density at radius 3 is 1.14 bits per heavy atom. The summed E-state index contributed by atoms with van der Waals surface area (Å²) < 4.78 is 0. The Bertz CT molecular complexity index is 9180. The third-order valence-corrected chi connectivity index (χ3v) is 37.1. The van der Waals surface area contributed by atoms with Gasteiger partial charge in [0.2, 0.25) is 0 Å². The van der Waals surface area contributed by atoms with Crippen LogP contribution in [-0.4, -0.2) is 9.97 Å². The van der Waals surface area contributed by atoms with Crippen molar-refractivity contribution < 1.29 is 0 Å². The summed E-state index contributed by atoms with van der Waals surface area (Å²) in [4.78, 5) is 15.6. The minimum Gasteiger partial charge on any atom is -0.310 e. The molecule has 5 aliphatic carbocycles. The Morgan fingerprint density at radius 2 is 0.551 bits per heavy atom. The normalized spacial score (nSPS) is 16.0. The average Bonchev–Trinajstić information content (AvgIpc) is 1.64. The fraction of sp³-hybridized carbons (Fsp3) is 0.189. The molecule has 0 bridgehead atoms. The summed E-state index contributed by atoms with van der Waals surface area (Å²) in [7, 11) is 0. The first-order valence-corrected chi connectivity index (χ1v) is 52.7. The minimum atomic E-state index is -0.178. The third-order valence-electron chi connectivity index (χ3n) is 37.1. The fourth-order valence-electron chi connectivity index (χ4n) is 26.5. The van der Waals surface area contributed by atoms with Gasteiger partial charge >= 0.3 is 0 Å². The number of nitrogens with zero attached hydrogens (tertiary/aromatic N) is 4. The van der Waals surface area contributed by atoms with Gasteiger partial charge in [-0.25, -0.2) is 9.97 Å². The first kappa shape index (κ1) is 92.3. The van der Waals surface area contributed by atoms with Crippen LogP contribution in [0.4, 0.5) is 34.1 Å². The SMILES string of the molecule is CC1(C)c2ccccc2-c2ccc(N(c3ccccc3)c3cc4c(c5c3ccc3ccccc35)C(C)(C)C(C)(C)c3ccccc3-4)cc21.CC1(C)c2ccccc2-c2ccc(N(c3ccccc3)c3cc4ccc5ccccc5c4c4c3-c3ccccc3C(C)(C)C4(C)C)cc2C1(C)C.CC1(C)c2ccccc2-c2ccc3cc(-c4nc(-c5ccc(-c6ccccc6)cc5)c5ccccc5n4)c4ccccc4c3c2C1(C)C. The number of para-hydroxylation sites is 3. The molecule has 0 N–H and O–H groups in total. The number of hydrogen-bond acceptors (Lipinski definition) is 4. The van der Waals surface area contributed by atoms with Crippen LogP contribution in [0.1, 0.15) is 180 Å². The van der Waals surface area contributed by atoms with E-state index in [1.807, 2.05) is 0 Å². The second kappa shape index (κ2) is 33.6. The molecule has 5 aliphatic rings. The van der Waals surface area contributed by atoms with Crippen molar-refractivity contribution in [2.24, 2.45) is 0 Å². The highest BCUT2D eigenvalue weighted by Gasteiger charge is 2.53. The number of anilines is 6. The number of aromatic nitrogens is 2. The highest BCUT2D eigenvalue weighted by atomic mass is 15.2. The lowest BCUT2D eigenvalue weighted by atomic mass is 9.54. The minimum absolute atomic E-state index is 0.0511. The topological polar surface area (TPSA) is 32.3 Å². The molecule has 4 nitrogen and oxygen atoms in total. The summed E-state index contributed by atoms with van der Waals surface area (Å²) >= 11 is 0. The van der Waals surface area contributed by atoms with Crippen LogP contribution in [0.25, 0.3) is 165 Å². The Kier molecular flexibility index (Phi) is 21.1. The molecule has 0 spiro atoms. The molecule has 716 valence electrons. The lowest BCUT2D eigenvalue weighted by molar-refractivity contribution is 0.299. The van der Waals surface area contributed by atoms with Gasteiger partial charge < -0.3 is 9.80 Å². The van der Waals surface area contributed by atoms with Gasteiger partial charge in [-0.15, -0.1) is 0 Å². The van der Waals surface area contributed by atoms with Crippen LogP contribution in [0.2, 0.25) is 0 Å². The lowest BCUT2D eigenvalue weighted by Gasteiger charge is -2.50. The highest BCUT2D eigenvalue weighted by molar-refractivity contribution is 6.20. The highest BCUT2D eigenvalue weighted by Crippen LogP contribution is 2.65. The quantitative estimate of drug-likeness (QED) is 0.135. The van der Waals surface area contributed by atoms with Crippen LogP contribution in [-0.2, 0) is 48.7 Å². The molecular weight excluding hydrogens is 1770 g/mol. The van der Waals surface area contributed by atoms with Gasteiger partial charge in [0.25, 0.3) is 0 Å². The van der Waals surface area contributed by atoms with E-state index in [1.54, 1.807) is 0 Å². The molecule has 0 aliphatic heterocycles. The van der Waals surface area contributed by atoms with Crippen molar-refractivity contribution in [1.82, 2.24) is 9.97 Å². The molecule has 21 aromatic carbocycles. The molecule has 22 aromatic rings. The van der Waals surface area contributed by atoms with Gasteiger partial charge in [-0.2, -0.15) is 0 Å². The molecule has 0 atom stereocenters. The fourth-order valence-corrected chi connectivity index (χ4v) is 26.5. The number of fused-ring (bicyclic) bond motifs is 28. The number of hydrogen-bond donors (Lipinski definition) is 0. The van der Waals surface area contributed by atoms with Crippen molar-refractivity contribution in [2.45, 2.75) is 173 Å². The molecule has 27 rings (SSSR count). The van der Waals surface area contributed by atoms with Crippen LogP contribution >= 0.6 is 0 Å². The van der Waals surface area contributed by atoms with Crippen molar-refractivity contribution in [2.75, 3.05) is 9.80 Å². The maximum atomic E-state index is 5.36.